The summed E-state index contributed by atoms with van der Waals surface area (Å²) in [5, 5.41) is 12.4. The summed E-state index contributed by atoms with van der Waals surface area (Å²) >= 11 is 0. The second-order valence-corrected chi connectivity index (χ2v) is 6.81. The van der Waals surface area contributed by atoms with Crippen molar-refractivity contribution in [2.24, 2.45) is 5.92 Å². The van der Waals surface area contributed by atoms with E-state index >= 15 is 0 Å². The van der Waals surface area contributed by atoms with Gasteiger partial charge in [-0.1, -0.05) is 12.8 Å². The minimum absolute atomic E-state index is 0.0642. The summed E-state index contributed by atoms with van der Waals surface area (Å²) in [5.41, 5.74) is 0. The van der Waals surface area contributed by atoms with E-state index in [1.807, 2.05) is 0 Å². The molecular weight excluding hydrogens is 254 g/mol. The second-order valence-electron chi connectivity index (χ2n) is 5.11. The van der Waals surface area contributed by atoms with E-state index < -0.39 is 10.2 Å². The molecule has 2 fully saturated rings. The highest BCUT2D eigenvalue weighted by molar-refractivity contribution is 7.87. The van der Waals surface area contributed by atoms with Crippen molar-refractivity contribution >= 4 is 10.2 Å². The Morgan fingerprint density at radius 2 is 1.89 bits per heavy atom. The predicted octanol–water partition coefficient (Wildman–Crippen LogP) is -0.723. The molecule has 2 rings (SSSR count). The van der Waals surface area contributed by atoms with Crippen LogP contribution in [-0.2, 0) is 10.2 Å². The molecule has 6 nitrogen and oxygen atoms in total. The average Bonchev–Trinajstić information content (AvgIpc) is 2.40. The largest absolute Gasteiger partial charge is 0.396 e. The number of piperazine rings is 1. The molecular formula is C11H23N3O3S. The molecule has 1 saturated heterocycles. The molecule has 1 aliphatic carbocycles. The van der Waals surface area contributed by atoms with E-state index in [4.69, 9.17) is 0 Å². The van der Waals surface area contributed by atoms with Gasteiger partial charge < -0.3 is 10.4 Å². The maximum absolute atomic E-state index is 12.2. The smallest absolute Gasteiger partial charge is 0.279 e. The molecule has 1 saturated carbocycles. The zero-order valence-electron chi connectivity index (χ0n) is 10.6. The van der Waals surface area contributed by atoms with Crippen molar-refractivity contribution in [2.45, 2.75) is 31.7 Å². The van der Waals surface area contributed by atoms with Gasteiger partial charge in [0.25, 0.3) is 10.2 Å². The van der Waals surface area contributed by atoms with Gasteiger partial charge in [0.05, 0.1) is 0 Å². The minimum atomic E-state index is -3.39. The monoisotopic (exact) mass is 277 g/mol. The van der Waals surface area contributed by atoms with Crippen molar-refractivity contribution in [1.29, 1.82) is 0 Å². The van der Waals surface area contributed by atoms with Crippen LogP contribution in [0.2, 0.25) is 0 Å². The molecule has 2 unspecified atom stereocenters. The van der Waals surface area contributed by atoms with Gasteiger partial charge in [0, 0.05) is 38.8 Å². The quantitative estimate of drug-likeness (QED) is 0.633. The van der Waals surface area contributed by atoms with Crippen LogP contribution in [-0.4, -0.2) is 56.7 Å². The van der Waals surface area contributed by atoms with E-state index in [1.54, 1.807) is 0 Å². The summed E-state index contributed by atoms with van der Waals surface area (Å²) in [4.78, 5) is 0. The lowest BCUT2D eigenvalue weighted by atomic mass is 9.86. The molecule has 2 aliphatic rings. The molecule has 3 N–H and O–H groups in total. The van der Waals surface area contributed by atoms with E-state index in [2.05, 4.69) is 10.0 Å². The fraction of sp³-hybridized carbons (Fsp3) is 1.00. The van der Waals surface area contributed by atoms with Crippen LogP contribution in [0.15, 0.2) is 0 Å². The first kappa shape index (κ1) is 14.2. The highest BCUT2D eigenvalue weighted by Gasteiger charge is 2.31. The Morgan fingerprint density at radius 1 is 1.22 bits per heavy atom. The topological polar surface area (TPSA) is 81.7 Å². The van der Waals surface area contributed by atoms with E-state index in [1.165, 1.54) is 4.31 Å². The van der Waals surface area contributed by atoms with Gasteiger partial charge in [0.2, 0.25) is 0 Å². The Kier molecular flexibility index (Phi) is 4.97. The van der Waals surface area contributed by atoms with E-state index in [0.29, 0.717) is 26.2 Å². The summed E-state index contributed by atoms with van der Waals surface area (Å²) in [6.45, 7) is 2.51. The van der Waals surface area contributed by atoms with Crippen molar-refractivity contribution in [1.82, 2.24) is 14.3 Å². The third kappa shape index (κ3) is 3.42. The van der Waals surface area contributed by atoms with E-state index in [9.17, 15) is 13.5 Å². The Hall–Kier alpha value is -0.210. The Balaban J connectivity index is 1.97. The van der Waals surface area contributed by atoms with Gasteiger partial charge in [-0.15, -0.1) is 0 Å². The van der Waals surface area contributed by atoms with E-state index in [0.717, 1.165) is 25.7 Å². The summed E-state index contributed by atoms with van der Waals surface area (Å²) in [7, 11) is -3.39. The standard InChI is InChI=1S/C11H23N3O3S/c15-9-10-3-1-2-4-11(10)13-18(16,17)14-7-5-12-6-8-14/h10-13,15H,1-9H2. The zero-order valence-corrected chi connectivity index (χ0v) is 11.5. The molecule has 0 aromatic rings. The molecule has 0 spiro atoms. The molecule has 18 heavy (non-hydrogen) atoms. The van der Waals surface area contributed by atoms with Gasteiger partial charge in [0.15, 0.2) is 0 Å². The lowest BCUT2D eigenvalue weighted by molar-refractivity contribution is 0.162. The normalized spacial score (nSPS) is 31.4. The average molecular weight is 277 g/mol. The molecule has 0 aromatic carbocycles. The maximum atomic E-state index is 12.2. The fourth-order valence-corrected chi connectivity index (χ4v) is 4.24. The Bertz CT molecular complexity index is 355. The van der Waals surface area contributed by atoms with Crippen LogP contribution in [0.4, 0.5) is 0 Å². The van der Waals surface area contributed by atoms with Crippen LogP contribution in [0.5, 0.6) is 0 Å². The molecule has 106 valence electrons. The summed E-state index contributed by atoms with van der Waals surface area (Å²) in [6, 6.07) is -0.108. The van der Waals surface area contributed by atoms with Gasteiger partial charge in [-0.2, -0.15) is 17.4 Å². The van der Waals surface area contributed by atoms with Crippen molar-refractivity contribution < 1.29 is 13.5 Å². The first-order chi connectivity index (χ1) is 8.63. The summed E-state index contributed by atoms with van der Waals surface area (Å²) < 4.78 is 28.7. The fourth-order valence-electron chi connectivity index (χ4n) is 2.73. The Morgan fingerprint density at radius 3 is 2.56 bits per heavy atom. The Labute approximate surface area is 109 Å². The number of rotatable bonds is 4. The van der Waals surface area contributed by atoms with E-state index in [-0.39, 0.29) is 18.6 Å². The van der Waals surface area contributed by atoms with Gasteiger partial charge in [-0.3, -0.25) is 0 Å². The first-order valence-electron chi connectivity index (χ1n) is 6.72. The molecule has 2 atom stereocenters. The molecule has 0 aromatic heterocycles. The third-order valence-corrected chi connectivity index (χ3v) is 5.51. The molecule has 1 heterocycles. The van der Waals surface area contributed by atoms with Gasteiger partial charge in [-0.25, -0.2) is 0 Å². The van der Waals surface area contributed by atoms with Crippen LogP contribution in [0.25, 0.3) is 0 Å². The van der Waals surface area contributed by atoms with Crippen molar-refractivity contribution in [3.63, 3.8) is 0 Å². The van der Waals surface area contributed by atoms with Gasteiger partial charge in [0.1, 0.15) is 0 Å². The number of aliphatic hydroxyl groups is 1. The van der Waals surface area contributed by atoms with Crippen molar-refractivity contribution in [3.05, 3.63) is 0 Å². The lowest BCUT2D eigenvalue weighted by Gasteiger charge is -2.34. The molecule has 7 heteroatoms. The van der Waals surface area contributed by atoms with Gasteiger partial charge in [-0.05, 0) is 18.8 Å². The summed E-state index contributed by atoms with van der Waals surface area (Å²) in [6.07, 6.45) is 3.85. The highest BCUT2D eigenvalue weighted by atomic mass is 32.2. The highest BCUT2D eigenvalue weighted by Crippen LogP contribution is 2.24. The number of hydrogen-bond acceptors (Lipinski definition) is 4. The third-order valence-electron chi connectivity index (χ3n) is 3.86. The SMILES string of the molecule is O=S(=O)(NC1CCCCC1CO)N1CCNCC1. The maximum Gasteiger partial charge on any atom is 0.279 e. The molecule has 1 aliphatic heterocycles. The number of nitrogens with one attached hydrogen (secondary N) is 2. The predicted molar refractivity (Wildman–Crippen MR) is 69.3 cm³/mol. The van der Waals surface area contributed by atoms with Crippen molar-refractivity contribution in [3.8, 4) is 0 Å². The molecule has 0 bridgehead atoms. The number of hydrogen-bond donors (Lipinski definition) is 3. The number of aliphatic hydroxyl groups excluding tert-OH is 1. The number of nitrogens with zero attached hydrogens (tertiary/aromatic N) is 1. The zero-order chi connectivity index (χ0) is 13.0. The van der Waals surface area contributed by atoms with Gasteiger partial charge >= 0.3 is 0 Å². The van der Waals surface area contributed by atoms with Crippen LogP contribution in [0, 0.1) is 5.92 Å². The lowest BCUT2D eigenvalue weighted by Crippen LogP contribution is -2.54. The molecule has 0 radical (unpaired) electrons. The first-order valence-corrected chi connectivity index (χ1v) is 8.16. The molecule has 0 amide bonds. The van der Waals surface area contributed by atoms with Crippen molar-refractivity contribution in [2.75, 3.05) is 32.8 Å². The van der Waals surface area contributed by atoms with Crippen LogP contribution in [0.1, 0.15) is 25.7 Å². The second kappa shape index (κ2) is 6.29. The van der Waals surface area contributed by atoms with Crippen LogP contribution < -0.4 is 10.0 Å². The van der Waals surface area contributed by atoms with Crippen LogP contribution >= 0.6 is 0 Å². The minimum Gasteiger partial charge on any atom is -0.396 e. The summed E-state index contributed by atoms with van der Waals surface area (Å²) in [5.74, 6) is 0.0661. The van der Waals surface area contributed by atoms with Crippen LogP contribution in [0.3, 0.4) is 0 Å².